The zero-order valence-electron chi connectivity index (χ0n) is 16.9. The van der Waals surface area contributed by atoms with Gasteiger partial charge in [0.2, 0.25) is 11.8 Å². The monoisotopic (exact) mass is 444 g/mol. The van der Waals surface area contributed by atoms with Crippen LogP contribution in [0.15, 0.2) is 42.5 Å². The molecule has 2 heterocycles. The summed E-state index contributed by atoms with van der Waals surface area (Å²) in [5.74, 6) is -1.55. The maximum atomic E-state index is 12.9. The van der Waals surface area contributed by atoms with E-state index in [1.54, 1.807) is 18.2 Å². The molecule has 0 saturated carbocycles. The summed E-state index contributed by atoms with van der Waals surface area (Å²) < 4.78 is 38.6. The molecule has 32 heavy (non-hydrogen) atoms. The SMILES string of the molecule is O=C1CCC(N2Cc3cc(CCC(=O)c4cccc(C(F)(F)F)c4)ccc3C2=O)C(=O)N1. The second-order valence-corrected chi connectivity index (χ2v) is 7.89. The van der Waals surface area contributed by atoms with Gasteiger partial charge in [0, 0.05) is 30.5 Å². The number of carbonyl (C=O) groups is 4. The van der Waals surface area contributed by atoms with E-state index in [2.05, 4.69) is 5.32 Å². The highest BCUT2D eigenvalue weighted by Crippen LogP contribution is 2.30. The Morgan fingerprint density at radius 1 is 1.09 bits per heavy atom. The first-order valence-electron chi connectivity index (χ1n) is 10.1. The number of nitrogens with one attached hydrogen (secondary N) is 1. The lowest BCUT2D eigenvalue weighted by atomic mass is 9.99. The molecule has 2 aliphatic rings. The van der Waals surface area contributed by atoms with Gasteiger partial charge >= 0.3 is 6.18 Å². The zero-order chi connectivity index (χ0) is 23.0. The van der Waals surface area contributed by atoms with Crippen LogP contribution in [0.2, 0.25) is 0 Å². The van der Waals surface area contributed by atoms with Crippen molar-refractivity contribution in [1.82, 2.24) is 10.2 Å². The maximum Gasteiger partial charge on any atom is 0.416 e. The van der Waals surface area contributed by atoms with Crippen molar-refractivity contribution in [2.24, 2.45) is 0 Å². The summed E-state index contributed by atoms with van der Waals surface area (Å²) in [5, 5.41) is 2.25. The van der Waals surface area contributed by atoms with Gasteiger partial charge in [-0.1, -0.05) is 24.3 Å². The van der Waals surface area contributed by atoms with Crippen molar-refractivity contribution in [3.05, 3.63) is 70.3 Å². The van der Waals surface area contributed by atoms with E-state index in [-0.39, 0.29) is 43.2 Å². The van der Waals surface area contributed by atoms with E-state index in [1.807, 2.05) is 0 Å². The second kappa shape index (κ2) is 8.22. The van der Waals surface area contributed by atoms with Crippen LogP contribution in [0, 0.1) is 0 Å². The molecule has 0 spiro atoms. The Morgan fingerprint density at radius 2 is 1.88 bits per heavy atom. The van der Waals surface area contributed by atoms with Crippen molar-refractivity contribution in [3.63, 3.8) is 0 Å². The highest BCUT2D eigenvalue weighted by Gasteiger charge is 2.39. The first-order chi connectivity index (χ1) is 15.1. The highest BCUT2D eigenvalue weighted by atomic mass is 19.4. The van der Waals surface area contributed by atoms with Crippen LogP contribution in [0.1, 0.15) is 56.7 Å². The standard InChI is InChI=1S/C23H19F3N2O4/c24-23(25,26)16-3-1-2-14(11-16)19(29)8-5-13-4-6-17-15(10-13)12-28(22(17)32)18-7-9-20(30)27-21(18)31/h1-4,6,10-11,18H,5,7-9,12H2,(H,27,30,31). The van der Waals surface area contributed by atoms with Crippen LogP contribution in [-0.4, -0.2) is 34.4 Å². The van der Waals surface area contributed by atoms with Crippen LogP contribution < -0.4 is 5.32 Å². The maximum absolute atomic E-state index is 12.9. The largest absolute Gasteiger partial charge is 0.416 e. The minimum Gasteiger partial charge on any atom is -0.322 e. The molecule has 4 rings (SSSR count). The minimum absolute atomic E-state index is 0.000181. The third-order valence-electron chi connectivity index (χ3n) is 5.74. The van der Waals surface area contributed by atoms with E-state index in [4.69, 9.17) is 0 Å². The summed E-state index contributed by atoms with van der Waals surface area (Å²) in [4.78, 5) is 50.0. The molecular formula is C23H19F3N2O4. The Hall–Kier alpha value is -3.49. The molecule has 1 unspecified atom stereocenters. The molecule has 6 nitrogen and oxygen atoms in total. The Balaban J connectivity index is 1.43. The number of ketones is 1. The number of imide groups is 1. The van der Waals surface area contributed by atoms with Crippen LogP contribution in [0.3, 0.4) is 0 Å². The molecule has 1 saturated heterocycles. The van der Waals surface area contributed by atoms with Crippen LogP contribution >= 0.6 is 0 Å². The van der Waals surface area contributed by atoms with Gasteiger partial charge in [-0.15, -0.1) is 0 Å². The summed E-state index contributed by atoms with van der Waals surface area (Å²) in [6.07, 6.45) is -3.76. The molecule has 3 amide bonds. The third-order valence-corrected chi connectivity index (χ3v) is 5.74. The third kappa shape index (κ3) is 4.28. The van der Waals surface area contributed by atoms with Crippen molar-refractivity contribution in [1.29, 1.82) is 0 Å². The number of carbonyl (C=O) groups excluding carboxylic acids is 4. The molecule has 1 atom stereocenters. The molecule has 1 fully saturated rings. The number of rotatable bonds is 5. The number of hydrogen-bond donors (Lipinski definition) is 1. The van der Waals surface area contributed by atoms with E-state index in [0.717, 1.165) is 17.7 Å². The molecule has 166 valence electrons. The van der Waals surface area contributed by atoms with Crippen LogP contribution in [0.25, 0.3) is 0 Å². The lowest BCUT2D eigenvalue weighted by Gasteiger charge is -2.29. The van der Waals surface area contributed by atoms with E-state index in [0.29, 0.717) is 17.5 Å². The Bertz CT molecular complexity index is 1130. The predicted octanol–water partition coefficient (Wildman–Crippen LogP) is 3.28. The zero-order valence-corrected chi connectivity index (χ0v) is 16.9. The number of amides is 3. The molecule has 0 bridgehead atoms. The number of alkyl halides is 3. The molecule has 0 radical (unpaired) electrons. The number of aryl methyl sites for hydroxylation is 1. The highest BCUT2D eigenvalue weighted by molar-refractivity contribution is 6.05. The van der Waals surface area contributed by atoms with Gasteiger partial charge in [-0.25, -0.2) is 0 Å². The quantitative estimate of drug-likeness (QED) is 0.567. The number of Topliss-reactive ketones (excluding diaryl/α,β-unsaturated/α-hetero) is 1. The van der Waals surface area contributed by atoms with E-state index in [9.17, 15) is 32.3 Å². The lowest BCUT2D eigenvalue weighted by Crippen LogP contribution is -2.52. The predicted molar refractivity (Wildman–Crippen MR) is 107 cm³/mol. The summed E-state index contributed by atoms with van der Waals surface area (Å²) in [5.41, 5.74) is 1.07. The smallest absolute Gasteiger partial charge is 0.322 e. The van der Waals surface area contributed by atoms with Crippen LogP contribution in [0.4, 0.5) is 13.2 Å². The van der Waals surface area contributed by atoms with Gasteiger partial charge in [0.25, 0.3) is 5.91 Å². The van der Waals surface area contributed by atoms with Crippen molar-refractivity contribution < 1.29 is 32.3 Å². The first kappa shape index (κ1) is 21.7. The van der Waals surface area contributed by atoms with Gasteiger partial charge in [0.1, 0.15) is 6.04 Å². The average molecular weight is 444 g/mol. The first-order valence-corrected chi connectivity index (χ1v) is 10.1. The summed E-state index contributed by atoms with van der Waals surface area (Å²) in [6, 6.07) is 8.73. The molecule has 0 aliphatic carbocycles. The van der Waals surface area contributed by atoms with E-state index in [1.165, 1.54) is 17.0 Å². The van der Waals surface area contributed by atoms with Gasteiger partial charge in [0.05, 0.1) is 5.56 Å². The molecular weight excluding hydrogens is 425 g/mol. The number of hydrogen-bond acceptors (Lipinski definition) is 4. The normalized spacial score (nSPS) is 18.5. The van der Waals surface area contributed by atoms with Crippen molar-refractivity contribution >= 4 is 23.5 Å². The molecule has 0 aromatic heterocycles. The van der Waals surface area contributed by atoms with Crippen molar-refractivity contribution in [2.45, 2.75) is 44.4 Å². The molecule has 2 aromatic rings. The summed E-state index contributed by atoms with van der Waals surface area (Å²) in [7, 11) is 0. The van der Waals surface area contributed by atoms with E-state index >= 15 is 0 Å². The lowest BCUT2D eigenvalue weighted by molar-refractivity contribution is -0.138. The topological polar surface area (TPSA) is 83.6 Å². The van der Waals surface area contributed by atoms with Gasteiger partial charge in [0.15, 0.2) is 5.78 Å². The van der Waals surface area contributed by atoms with Gasteiger partial charge in [-0.3, -0.25) is 24.5 Å². The number of halogens is 3. The molecule has 2 aromatic carbocycles. The van der Waals surface area contributed by atoms with Gasteiger partial charge in [-0.05, 0) is 42.2 Å². The second-order valence-electron chi connectivity index (χ2n) is 7.89. The fourth-order valence-electron chi connectivity index (χ4n) is 4.05. The summed E-state index contributed by atoms with van der Waals surface area (Å²) >= 11 is 0. The fraction of sp³-hybridized carbons (Fsp3) is 0.304. The Kier molecular flexibility index (Phi) is 5.58. The molecule has 1 N–H and O–H groups in total. The van der Waals surface area contributed by atoms with Crippen LogP contribution in [0.5, 0.6) is 0 Å². The minimum atomic E-state index is -4.52. The number of nitrogens with zero attached hydrogens (tertiary/aromatic N) is 1. The van der Waals surface area contributed by atoms with E-state index < -0.39 is 29.5 Å². The van der Waals surface area contributed by atoms with Crippen LogP contribution in [-0.2, 0) is 28.7 Å². The van der Waals surface area contributed by atoms with Crippen molar-refractivity contribution in [3.8, 4) is 0 Å². The summed E-state index contributed by atoms with van der Waals surface area (Å²) in [6.45, 7) is 0.218. The Morgan fingerprint density at radius 3 is 2.59 bits per heavy atom. The van der Waals surface area contributed by atoms with Gasteiger partial charge < -0.3 is 4.90 Å². The van der Waals surface area contributed by atoms with Gasteiger partial charge in [-0.2, -0.15) is 13.2 Å². The number of piperidine rings is 1. The molecule has 2 aliphatic heterocycles. The number of fused-ring (bicyclic) bond motifs is 1. The average Bonchev–Trinajstić information content (AvgIpc) is 3.07. The molecule has 9 heteroatoms. The fourth-order valence-corrected chi connectivity index (χ4v) is 4.05. The Labute approximate surface area is 181 Å². The van der Waals surface area contributed by atoms with Crippen molar-refractivity contribution in [2.75, 3.05) is 0 Å². The number of benzene rings is 2.